The predicted octanol–water partition coefficient (Wildman–Crippen LogP) is 3.27. The lowest BCUT2D eigenvalue weighted by Crippen LogP contribution is -2.56. The van der Waals surface area contributed by atoms with Gasteiger partial charge in [0.25, 0.3) is 0 Å². The molecule has 0 unspecified atom stereocenters. The first-order valence-electron chi connectivity index (χ1n) is 8.70. The lowest BCUT2D eigenvalue weighted by atomic mass is 9.47. The van der Waals surface area contributed by atoms with E-state index in [4.69, 9.17) is 0 Å². The molecule has 4 rings (SSSR count). The first-order valence-corrected chi connectivity index (χ1v) is 8.70. The highest BCUT2D eigenvalue weighted by Crippen LogP contribution is 2.63. The average molecular weight is 300 g/mol. The molecule has 0 aromatic carbocycles. The Labute approximate surface area is 131 Å². The zero-order valence-electron chi connectivity index (χ0n) is 13.5. The van der Waals surface area contributed by atoms with Crippen LogP contribution in [0.5, 0.6) is 0 Å². The number of fused-ring (bicyclic) bond motifs is 5. The van der Waals surface area contributed by atoms with Crippen molar-refractivity contribution in [3.8, 4) is 0 Å². The maximum absolute atomic E-state index is 12.8. The van der Waals surface area contributed by atoms with Crippen LogP contribution in [0.1, 0.15) is 58.8 Å². The van der Waals surface area contributed by atoms with Crippen molar-refractivity contribution in [3.05, 3.63) is 11.6 Å². The minimum absolute atomic E-state index is 0.00795. The highest BCUT2D eigenvalue weighted by Gasteiger charge is 2.61. The molecular weight excluding hydrogens is 276 g/mol. The molecule has 0 aromatic heterocycles. The van der Waals surface area contributed by atoms with Crippen molar-refractivity contribution in [2.24, 2.45) is 28.6 Å². The zero-order chi connectivity index (χ0) is 15.7. The summed E-state index contributed by atoms with van der Waals surface area (Å²) < 4.78 is 0. The molecule has 0 bridgehead atoms. The Bertz CT molecular complexity index is 616. The molecule has 3 fully saturated rings. The first-order chi connectivity index (χ1) is 10.4. The number of allylic oxidation sites excluding steroid dienone is 1. The molecule has 3 heteroatoms. The highest BCUT2D eigenvalue weighted by molar-refractivity contribution is 6.46. The first kappa shape index (κ1) is 14.3. The highest BCUT2D eigenvalue weighted by atomic mass is 16.2. The molecule has 0 radical (unpaired) electrons. The number of carbonyl (C=O) groups excluding carboxylic acids is 3. The summed E-state index contributed by atoms with van der Waals surface area (Å²) in [6.07, 6.45) is 8.40. The van der Waals surface area contributed by atoms with Gasteiger partial charge in [-0.2, -0.15) is 0 Å². The van der Waals surface area contributed by atoms with Crippen LogP contribution in [0, 0.1) is 28.6 Å². The Morgan fingerprint density at radius 2 is 1.77 bits per heavy atom. The Morgan fingerprint density at radius 3 is 2.55 bits per heavy atom. The van der Waals surface area contributed by atoms with Crippen molar-refractivity contribution in [2.45, 2.75) is 58.8 Å². The monoisotopic (exact) mass is 300 g/mol. The number of hydrogen-bond acceptors (Lipinski definition) is 3. The van der Waals surface area contributed by atoms with E-state index in [-0.39, 0.29) is 40.0 Å². The summed E-state index contributed by atoms with van der Waals surface area (Å²) in [6, 6.07) is 0. The average Bonchev–Trinajstić information content (AvgIpc) is 2.88. The van der Waals surface area contributed by atoms with Crippen molar-refractivity contribution in [1.29, 1.82) is 0 Å². The minimum Gasteiger partial charge on any atom is -0.295 e. The fourth-order valence-corrected chi connectivity index (χ4v) is 6.12. The lowest BCUT2D eigenvalue weighted by Gasteiger charge is -2.55. The third-order valence-corrected chi connectivity index (χ3v) is 7.45. The summed E-state index contributed by atoms with van der Waals surface area (Å²) in [5.74, 6) is -0.00109. The smallest absolute Gasteiger partial charge is 0.225 e. The van der Waals surface area contributed by atoms with Gasteiger partial charge in [-0.15, -0.1) is 0 Å². The van der Waals surface area contributed by atoms with Gasteiger partial charge in [-0.3, -0.25) is 14.4 Å². The van der Waals surface area contributed by atoms with Gasteiger partial charge in [-0.1, -0.05) is 20.3 Å². The SMILES string of the molecule is C[C@@]12CCC[C@H]1[C@@H]1C(=O)C(=O)C3=CC(=O)CC[C@]3(C)[C@H]1CC2. The summed E-state index contributed by atoms with van der Waals surface area (Å²) >= 11 is 0. The van der Waals surface area contributed by atoms with Gasteiger partial charge in [-0.05, 0) is 55.4 Å². The minimum atomic E-state index is -0.354. The second-order valence-corrected chi connectivity index (χ2v) is 8.46. The summed E-state index contributed by atoms with van der Waals surface area (Å²) in [6.45, 7) is 4.45. The normalized spacial score (nSPS) is 47.6. The van der Waals surface area contributed by atoms with Crippen molar-refractivity contribution in [3.63, 3.8) is 0 Å². The Hall–Kier alpha value is -1.25. The molecule has 0 aromatic rings. The molecule has 0 N–H and O–H groups in total. The van der Waals surface area contributed by atoms with Crippen LogP contribution in [0.4, 0.5) is 0 Å². The number of hydrogen-bond donors (Lipinski definition) is 0. The third-order valence-electron chi connectivity index (χ3n) is 7.45. The molecule has 0 saturated heterocycles. The van der Waals surface area contributed by atoms with Crippen LogP contribution in [0.15, 0.2) is 11.6 Å². The Kier molecular flexibility index (Phi) is 2.87. The van der Waals surface area contributed by atoms with Crippen LogP contribution in [0.25, 0.3) is 0 Å². The van der Waals surface area contributed by atoms with Crippen LogP contribution in [-0.4, -0.2) is 17.3 Å². The molecule has 0 heterocycles. The Balaban J connectivity index is 1.82. The number of ketones is 3. The number of rotatable bonds is 0. The molecule has 0 spiro atoms. The van der Waals surface area contributed by atoms with E-state index < -0.39 is 0 Å². The summed E-state index contributed by atoms with van der Waals surface area (Å²) in [4.78, 5) is 37.3. The zero-order valence-corrected chi connectivity index (χ0v) is 13.5. The van der Waals surface area contributed by atoms with Gasteiger partial charge in [0.1, 0.15) is 0 Å². The summed E-state index contributed by atoms with van der Waals surface area (Å²) in [5, 5.41) is 0. The van der Waals surface area contributed by atoms with E-state index in [1.807, 2.05) is 0 Å². The van der Waals surface area contributed by atoms with Gasteiger partial charge >= 0.3 is 0 Å². The fraction of sp³-hybridized carbons (Fsp3) is 0.737. The molecule has 0 amide bonds. The molecule has 22 heavy (non-hydrogen) atoms. The number of carbonyl (C=O) groups is 3. The van der Waals surface area contributed by atoms with Crippen molar-refractivity contribution < 1.29 is 14.4 Å². The second-order valence-electron chi connectivity index (χ2n) is 8.46. The quantitative estimate of drug-likeness (QED) is 0.645. The van der Waals surface area contributed by atoms with Crippen LogP contribution < -0.4 is 0 Å². The van der Waals surface area contributed by atoms with E-state index in [0.717, 1.165) is 25.7 Å². The molecule has 0 aliphatic heterocycles. The van der Waals surface area contributed by atoms with Crippen molar-refractivity contribution in [2.75, 3.05) is 0 Å². The largest absolute Gasteiger partial charge is 0.295 e. The van der Waals surface area contributed by atoms with Crippen molar-refractivity contribution >= 4 is 17.3 Å². The van der Waals surface area contributed by atoms with E-state index in [0.29, 0.717) is 17.9 Å². The van der Waals surface area contributed by atoms with Crippen LogP contribution >= 0.6 is 0 Å². The van der Waals surface area contributed by atoms with E-state index >= 15 is 0 Å². The molecule has 118 valence electrons. The van der Waals surface area contributed by atoms with E-state index in [1.54, 1.807) is 0 Å². The molecule has 4 aliphatic rings. The number of Topliss-reactive ketones (excluding diaryl/α,β-unsaturated/α-hetero) is 2. The molecule has 3 nitrogen and oxygen atoms in total. The molecular formula is C19H24O3. The van der Waals surface area contributed by atoms with Crippen LogP contribution in [0.2, 0.25) is 0 Å². The van der Waals surface area contributed by atoms with Crippen LogP contribution in [0.3, 0.4) is 0 Å². The van der Waals surface area contributed by atoms with E-state index in [2.05, 4.69) is 13.8 Å². The molecule has 3 saturated carbocycles. The van der Waals surface area contributed by atoms with E-state index in [9.17, 15) is 14.4 Å². The van der Waals surface area contributed by atoms with Crippen molar-refractivity contribution in [1.82, 2.24) is 0 Å². The van der Waals surface area contributed by atoms with Gasteiger partial charge in [0.05, 0.1) is 0 Å². The van der Waals surface area contributed by atoms with Gasteiger partial charge in [0, 0.05) is 23.3 Å². The third kappa shape index (κ3) is 1.65. The van der Waals surface area contributed by atoms with Gasteiger partial charge in [0.2, 0.25) is 11.6 Å². The lowest BCUT2D eigenvalue weighted by molar-refractivity contribution is -0.151. The fourth-order valence-electron chi connectivity index (χ4n) is 6.12. The second kappa shape index (κ2) is 4.39. The maximum Gasteiger partial charge on any atom is 0.225 e. The summed E-state index contributed by atoms with van der Waals surface area (Å²) in [7, 11) is 0. The van der Waals surface area contributed by atoms with Gasteiger partial charge in [0.15, 0.2) is 5.78 Å². The summed E-state index contributed by atoms with van der Waals surface area (Å²) in [5.41, 5.74) is 0.517. The maximum atomic E-state index is 12.8. The predicted molar refractivity (Wildman–Crippen MR) is 82.1 cm³/mol. The topological polar surface area (TPSA) is 51.2 Å². The van der Waals surface area contributed by atoms with Gasteiger partial charge < -0.3 is 0 Å². The molecule has 5 atom stereocenters. The standard InChI is InChI=1S/C19H24O3/c1-18-7-3-4-12(18)15-13(6-8-18)19(2)9-5-11(20)10-14(19)16(21)17(15)22/h10,12-13,15H,3-9H2,1-2H3/t12-,13-,15-,18-,19+/m0/s1. The van der Waals surface area contributed by atoms with Gasteiger partial charge in [-0.25, -0.2) is 0 Å². The Morgan fingerprint density at radius 1 is 1.00 bits per heavy atom. The van der Waals surface area contributed by atoms with Crippen LogP contribution in [-0.2, 0) is 14.4 Å². The molecule has 4 aliphatic carbocycles. The van der Waals surface area contributed by atoms with E-state index in [1.165, 1.54) is 18.9 Å².